The lowest BCUT2D eigenvalue weighted by Crippen LogP contribution is -2.43. The Morgan fingerprint density at radius 3 is 2.27 bits per heavy atom. The predicted molar refractivity (Wildman–Crippen MR) is 160 cm³/mol. The summed E-state index contributed by atoms with van der Waals surface area (Å²) in [6.45, 7) is 3.68. The quantitative estimate of drug-likeness (QED) is 0.281. The highest BCUT2D eigenvalue weighted by molar-refractivity contribution is 7.92. The van der Waals surface area contributed by atoms with Crippen molar-refractivity contribution in [2.75, 3.05) is 61.9 Å². The molecule has 10 nitrogen and oxygen atoms in total. The Bertz CT molecular complexity index is 1750. The van der Waals surface area contributed by atoms with Gasteiger partial charge in [0, 0.05) is 45.0 Å². The van der Waals surface area contributed by atoms with E-state index in [1.165, 1.54) is 53.0 Å². The second-order valence-electron chi connectivity index (χ2n) is 9.64. The van der Waals surface area contributed by atoms with E-state index >= 15 is 0 Å². The average Bonchev–Trinajstić information content (AvgIpc) is 3.40. The molecule has 1 aliphatic rings. The van der Waals surface area contributed by atoms with Crippen LogP contribution in [0.1, 0.15) is 10.4 Å². The van der Waals surface area contributed by atoms with Gasteiger partial charge in [-0.1, -0.05) is 29.5 Å². The topological polar surface area (TPSA) is 117 Å². The highest BCUT2D eigenvalue weighted by atomic mass is 32.2. The Labute approximate surface area is 243 Å². The molecule has 1 aromatic heterocycles. The molecular formula is C28H30N4O6S3. The summed E-state index contributed by atoms with van der Waals surface area (Å²) in [5.41, 5.74) is 1.42. The second-order valence-corrected chi connectivity index (χ2v) is 14.6. The minimum absolute atomic E-state index is 0.0635. The standard InChI is InChI=1S/C28H30N4O6S3/c1-30(22-6-4-3-5-7-22)41(36,37)23-10-8-21(9-11-23)27(33)32(15-14-31-16-18-38-19-17-31)28-29-25-13-12-24(40(2,34)35)20-26(25)39-28/h3-13,20H,14-19H2,1-2H3. The fourth-order valence-electron chi connectivity index (χ4n) is 4.45. The lowest BCUT2D eigenvalue weighted by atomic mass is 10.2. The van der Waals surface area contributed by atoms with Crippen molar-refractivity contribution in [2.24, 2.45) is 0 Å². The van der Waals surface area contributed by atoms with Gasteiger partial charge >= 0.3 is 0 Å². The number of sulfone groups is 1. The number of rotatable bonds is 9. The minimum atomic E-state index is -3.83. The zero-order chi connectivity index (χ0) is 29.2. The Morgan fingerprint density at radius 1 is 0.951 bits per heavy atom. The van der Waals surface area contributed by atoms with E-state index in [0.29, 0.717) is 52.9 Å². The summed E-state index contributed by atoms with van der Waals surface area (Å²) >= 11 is 1.24. The molecule has 4 aromatic rings. The average molecular weight is 615 g/mol. The lowest BCUT2D eigenvalue weighted by molar-refractivity contribution is 0.0391. The Balaban J connectivity index is 1.44. The van der Waals surface area contributed by atoms with Gasteiger partial charge in [-0.2, -0.15) is 0 Å². The number of benzene rings is 3. The van der Waals surface area contributed by atoms with Gasteiger partial charge < -0.3 is 4.74 Å². The smallest absolute Gasteiger partial charge is 0.264 e. The van der Waals surface area contributed by atoms with Crippen LogP contribution in [0.4, 0.5) is 10.8 Å². The maximum absolute atomic E-state index is 13.8. The van der Waals surface area contributed by atoms with Gasteiger partial charge in [0.1, 0.15) is 0 Å². The number of fused-ring (bicyclic) bond motifs is 1. The molecule has 1 amide bonds. The van der Waals surface area contributed by atoms with Gasteiger partial charge in [0.15, 0.2) is 15.0 Å². The number of anilines is 2. The van der Waals surface area contributed by atoms with E-state index in [4.69, 9.17) is 4.74 Å². The van der Waals surface area contributed by atoms with E-state index in [9.17, 15) is 21.6 Å². The second kappa shape index (κ2) is 11.9. The number of carbonyl (C=O) groups is 1. The van der Waals surface area contributed by atoms with Crippen molar-refractivity contribution in [1.82, 2.24) is 9.88 Å². The number of thiazole rings is 1. The number of aromatic nitrogens is 1. The highest BCUT2D eigenvalue weighted by Crippen LogP contribution is 2.32. The number of ether oxygens (including phenoxy) is 1. The Hall–Kier alpha value is -3.36. The number of hydrogen-bond acceptors (Lipinski definition) is 9. The molecule has 0 atom stereocenters. The first-order chi connectivity index (χ1) is 19.5. The first-order valence-electron chi connectivity index (χ1n) is 12.9. The largest absolute Gasteiger partial charge is 0.379 e. The summed E-state index contributed by atoms with van der Waals surface area (Å²) in [4.78, 5) is 22.5. The lowest BCUT2D eigenvalue weighted by Gasteiger charge is -2.29. The number of sulfonamides is 1. The molecule has 0 N–H and O–H groups in total. The van der Waals surface area contributed by atoms with Crippen LogP contribution in [-0.2, 0) is 24.6 Å². The molecule has 13 heteroatoms. The maximum Gasteiger partial charge on any atom is 0.264 e. The van der Waals surface area contributed by atoms with Crippen LogP contribution in [-0.4, -0.2) is 85.3 Å². The van der Waals surface area contributed by atoms with Gasteiger partial charge in [-0.25, -0.2) is 21.8 Å². The van der Waals surface area contributed by atoms with E-state index in [0.717, 1.165) is 19.3 Å². The Morgan fingerprint density at radius 2 is 1.61 bits per heavy atom. The summed E-state index contributed by atoms with van der Waals surface area (Å²) in [7, 11) is -5.75. The van der Waals surface area contributed by atoms with Gasteiger partial charge in [-0.3, -0.25) is 18.9 Å². The number of amides is 1. The van der Waals surface area contributed by atoms with E-state index in [2.05, 4.69) is 9.88 Å². The molecule has 1 fully saturated rings. The molecule has 216 valence electrons. The monoisotopic (exact) mass is 614 g/mol. The third-order valence-electron chi connectivity index (χ3n) is 6.88. The number of hydrogen-bond donors (Lipinski definition) is 0. The van der Waals surface area contributed by atoms with E-state index in [1.54, 1.807) is 41.3 Å². The van der Waals surface area contributed by atoms with Crippen LogP contribution in [0.5, 0.6) is 0 Å². The van der Waals surface area contributed by atoms with Gasteiger partial charge in [0.2, 0.25) is 0 Å². The first kappa shape index (κ1) is 29.1. The summed E-state index contributed by atoms with van der Waals surface area (Å²) in [5.74, 6) is -0.332. The molecule has 0 saturated carbocycles. The predicted octanol–water partition coefficient (Wildman–Crippen LogP) is 3.50. The molecule has 0 radical (unpaired) electrons. The van der Waals surface area contributed by atoms with Crippen LogP contribution in [0.15, 0.2) is 82.6 Å². The number of para-hydroxylation sites is 1. The van der Waals surface area contributed by atoms with E-state index < -0.39 is 19.9 Å². The molecule has 0 bridgehead atoms. The highest BCUT2D eigenvalue weighted by Gasteiger charge is 2.25. The minimum Gasteiger partial charge on any atom is -0.379 e. The zero-order valence-corrected chi connectivity index (χ0v) is 25.1. The van der Waals surface area contributed by atoms with E-state index in [1.807, 2.05) is 6.07 Å². The van der Waals surface area contributed by atoms with Gasteiger partial charge in [0.25, 0.3) is 15.9 Å². The van der Waals surface area contributed by atoms with Crippen LogP contribution in [0.3, 0.4) is 0 Å². The molecule has 0 aliphatic carbocycles. The SMILES string of the molecule is CN(c1ccccc1)S(=O)(=O)c1ccc(C(=O)N(CCN2CCOCC2)c2nc3ccc(S(C)(=O)=O)cc3s2)cc1. The molecule has 1 saturated heterocycles. The third kappa shape index (κ3) is 6.44. The van der Waals surface area contributed by atoms with Crippen molar-refractivity contribution in [3.8, 4) is 0 Å². The van der Waals surface area contributed by atoms with Crippen LogP contribution in [0, 0.1) is 0 Å². The van der Waals surface area contributed by atoms with Crippen molar-refractivity contribution >= 4 is 58.1 Å². The molecule has 2 heterocycles. The molecule has 41 heavy (non-hydrogen) atoms. The third-order valence-corrected chi connectivity index (χ3v) is 10.8. The first-order valence-corrected chi connectivity index (χ1v) is 17.1. The summed E-state index contributed by atoms with van der Waals surface area (Å²) in [6.07, 6.45) is 1.15. The van der Waals surface area contributed by atoms with E-state index in [-0.39, 0.29) is 15.7 Å². The molecular weight excluding hydrogens is 585 g/mol. The summed E-state index contributed by atoms with van der Waals surface area (Å²) in [5, 5.41) is 0.435. The van der Waals surface area contributed by atoms with Crippen LogP contribution in [0.2, 0.25) is 0 Å². The number of carbonyl (C=O) groups excluding carboxylic acids is 1. The van der Waals surface area contributed by atoms with Crippen LogP contribution < -0.4 is 9.21 Å². The summed E-state index contributed by atoms with van der Waals surface area (Å²) in [6, 6.07) is 19.3. The fraction of sp³-hybridized carbons (Fsp3) is 0.286. The van der Waals surface area contributed by atoms with Crippen molar-refractivity contribution in [3.05, 3.63) is 78.4 Å². The molecule has 0 unspecified atom stereocenters. The molecule has 3 aromatic carbocycles. The van der Waals surface area contributed by atoms with Crippen molar-refractivity contribution in [3.63, 3.8) is 0 Å². The van der Waals surface area contributed by atoms with Crippen molar-refractivity contribution in [2.45, 2.75) is 9.79 Å². The summed E-state index contributed by atoms with van der Waals surface area (Å²) < 4.78 is 57.8. The normalized spacial score (nSPS) is 14.7. The zero-order valence-electron chi connectivity index (χ0n) is 22.6. The maximum atomic E-state index is 13.8. The van der Waals surface area contributed by atoms with Crippen LogP contribution >= 0.6 is 11.3 Å². The Kier molecular flexibility index (Phi) is 8.43. The molecule has 5 rings (SSSR count). The fourth-order valence-corrected chi connectivity index (χ4v) is 7.40. The van der Waals surface area contributed by atoms with Gasteiger partial charge in [-0.15, -0.1) is 0 Å². The number of morpholine rings is 1. The van der Waals surface area contributed by atoms with Crippen molar-refractivity contribution in [1.29, 1.82) is 0 Å². The van der Waals surface area contributed by atoms with Gasteiger partial charge in [-0.05, 0) is 54.6 Å². The van der Waals surface area contributed by atoms with Crippen molar-refractivity contribution < 1.29 is 26.4 Å². The molecule has 1 aliphatic heterocycles. The number of nitrogens with zero attached hydrogens (tertiary/aromatic N) is 4. The van der Waals surface area contributed by atoms with Gasteiger partial charge in [0.05, 0.1) is 38.9 Å². The molecule has 0 spiro atoms. The van der Waals surface area contributed by atoms with Crippen LogP contribution in [0.25, 0.3) is 10.2 Å².